The second-order valence-electron chi connectivity index (χ2n) is 6.23. The lowest BCUT2D eigenvalue weighted by Gasteiger charge is -2.21. The molecule has 0 fully saturated rings. The van der Waals surface area contributed by atoms with Crippen molar-refractivity contribution in [2.75, 3.05) is 13.1 Å². The third kappa shape index (κ3) is 7.31. The smallest absolute Gasteiger partial charge is 0.239 e. The summed E-state index contributed by atoms with van der Waals surface area (Å²) in [5, 5.41) is 2.82. The highest BCUT2D eigenvalue weighted by Crippen LogP contribution is 2.09. The van der Waals surface area contributed by atoms with Crippen molar-refractivity contribution in [3.63, 3.8) is 0 Å². The standard InChI is InChI=1S/C19H30N2O2/c1-5-7-8-16-9-11-17(12-10-16)13-19(23)21(6-2)14-18(22)20-15(3)4/h9-12,15H,5-8,13-14H2,1-4H3,(H,20,22). The molecule has 0 unspecified atom stereocenters. The van der Waals surface area contributed by atoms with E-state index in [-0.39, 0.29) is 24.4 Å². The molecule has 4 nitrogen and oxygen atoms in total. The molecule has 0 aliphatic carbocycles. The Morgan fingerprint density at radius 2 is 1.70 bits per heavy atom. The van der Waals surface area contributed by atoms with Gasteiger partial charge in [0.05, 0.1) is 13.0 Å². The number of carbonyl (C=O) groups is 2. The Morgan fingerprint density at radius 3 is 2.22 bits per heavy atom. The maximum absolute atomic E-state index is 12.4. The van der Waals surface area contributed by atoms with E-state index in [1.165, 1.54) is 18.4 Å². The first-order valence-electron chi connectivity index (χ1n) is 8.61. The fraction of sp³-hybridized carbons (Fsp3) is 0.579. The summed E-state index contributed by atoms with van der Waals surface area (Å²) >= 11 is 0. The molecule has 1 aromatic rings. The topological polar surface area (TPSA) is 49.4 Å². The first-order valence-corrected chi connectivity index (χ1v) is 8.61. The van der Waals surface area contributed by atoms with Gasteiger partial charge in [-0.25, -0.2) is 0 Å². The van der Waals surface area contributed by atoms with Crippen LogP contribution >= 0.6 is 0 Å². The number of nitrogens with zero attached hydrogens (tertiary/aromatic N) is 1. The van der Waals surface area contributed by atoms with Crippen molar-refractivity contribution in [1.82, 2.24) is 10.2 Å². The Bertz CT molecular complexity index is 495. The molecule has 0 saturated carbocycles. The van der Waals surface area contributed by atoms with Crippen molar-refractivity contribution in [1.29, 1.82) is 0 Å². The van der Waals surface area contributed by atoms with Crippen molar-refractivity contribution < 1.29 is 9.59 Å². The van der Waals surface area contributed by atoms with Gasteiger partial charge in [0.2, 0.25) is 11.8 Å². The average Bonchev–Trinajstić information content (AvgIpc) is 2.51. The number of carbonyl (C=O) groups excluding carboxylic acids is 2. The molecule has 0 spiro atoms. The van der Waals surface area contributed by atoms with Crippen molar-refractivity contribution in [2.45, 2.75) is 59.4 Å². The van der Waals surface area contributed by atoms with Gasteiger partial charge in [-0.2, -0.15) is 0 Å². The number of hydrogen-bond acceptors (Lipinski definition) is 2. The van der Waals surface area contributed by atoms with Crippen LogP contribution in [0.5, 0.6) is 0 Å². The predicted molar refractivity (Wildman–Crippen MR) is 94.3 cm³/mol. The number of amides is 2. The van der Waals surface area contributed by atoms with E-state index in [4.69, 9.17) is 0 Å². The predicted octanol–water partition coefficient (Wildman–Crippen LogP) is 2.94. The van der Waals surface area contributed by atoms with E-state index in [1.54, 1.807) is 4.90 Å². The molecule has 0 aliphatic rings. The van der Waals surface area contributed by atoms with E-state index in [0.717, 1.165) is 12.0 Å². The van der Waals surface area contributed by atoms with Gasteiger partial charge in [0, 0.05) is 12.6 Å². The highest BCUT2D eigenvalue weighted by molar-refractivity contribution is 5.85. The van der Waals surface area contributed by atoms with E-state index in [2.05, 4.69) is 24.4 Å². The average molecular weight is 318 g/mol. The molecule has 0 aliphatic heterocycles. The molecule has 2 amide bonds. The summed E-state index contributed by atoms with van der Waals surface area (Å²) < 4.78 is 0. The van der Waals surface area contributed by atoms with Gasteiger partial charge in [0.25, 0.3) is 0 Å². The van der Waals surface area contributed by atoms with Crippen molar-refractivity contribution >= 4 is 11.8 Å². The summed E-state index contributed by atoms with van der Waals surface area (Å²) in [6, 6.07) is 8.32. The fourth-order valence-corrected chi connectivity index (χ4v) is 2.41. The molecule has 0 radical (unpaired) electrons. The minimum atomic E-state index is -0.106. The van der Waals surface area contributed by atoms with Gasteiger partial charge in [-0.15, -0.1) is 0 Å². The first kappa shape index (κ1) is 19.2. The lowest BCUT2D eigenvalue weighted by atomic mass is 10.0. The molecule has 1 N–H and O–H groups in total. The fourth-order valence-electron chi connectivity index (χ4n) is 2.41. The Kier molecular flexibility index (Phi) is 8.38. The molecule has 0 aromatic heterocycles. The molecular formula is C19H30N2O2. The summed E-state index contributed by atoms with van der Waals surface area (Å²) in [7, 11) is 0. The Hall–Kier alpha value is -1.84. The van der Waals surface area contributed by atoms with Gasteiger partial charge >= 0.3 is 0 Å². The van der Waals surface area contributed by atoms with E-state index in [9.17, 15) is 9.59 Å². The van der Waals surface area contributed by atoms with Gasteiger partial charge in [0.1, 0.15) is 0 Å². The minimum Gasteiger partial charge on any atom is -0.352 e. The Labute approximate surface area is 140 Å². The number of unbranched alkanes of at least 4 members (excludes halogenated alkanes) is 1. The normalized spacial score (nSPS) is 10.7. The molecule has 1 aromatic carbocycles. The molecule has 0 atom stereocenters. The number of likely N-dealkylation sites (N-methyl/N-ethyl adjacent to an activating group) is 1. The molecule has 0 saturated heterocycles. The second-order valence-corrected chi connectivity index (χ2v) is 6.23. The number of rotatable bonds is 9. The Morgan fingerprint density at radius 1 is 1.09 bits per heavy atom. The maximum atomic E-state index is 12.4. The van der Waals surface area contributed by atoms with Gasteiger partial charge in [-0.1, -0.05) is 37.6 Å². The van der Waals surface area contributed by atoms with Crippen LogP contribution in [0, 0.1) is 0 Å². The van der Waals surface area contributed by atoms with E-state index in [0.29, 0.717) is 13.0 Å². The molecule has 0 heterocycles. The van der Waals surface area contributed by atoms with Crippen LogP contribution in [0.15, 0.2) is 24.3 Å². The van der Waals surface area contributed by atoms with Gasteiger partial charge in [-0.05, 0) is 44.7 Å². The maximum Gasteiger partial charge on any atom is 0.239 e. The summed E-state index contributed by atoms with van der Waals surface area (Å²) in [5.74, 6) is -0.113. The van der Waals surface area contributed by atoms with Crippen molar-refractivity contribution in [2.24, 2.45) is 0 Å². The van der Waals surface area contributed by atoms with Crippen LogP contribution in [0.3, 0.4) is 0 Å². The van der Waals surface area contributed by atoms with Crippen molar-refractivity contribution in [3.05, 3.63) is 35.4 Å². The summed E-state index contributed by atoms with van der Waals surface area (Å²) in [6.45, 7) is 8.57. The van der Waals surface area contributed by atoms with Crippen LogP contribution in [0.4, 0.5) is 0 Å². The lowest BCUT2D eigenvalue weighted by Crippen LogP contribution is -2.43. The largest absolute Gasteiger partial charge is 0.352 e. The van der Waals surface area contributed by atoms with E-state index >= 15 is 0 Å². The first-order chi connectivity index (χ1) is 11.0. The van der Waals surface area contributed by atoms with Crippen LogP contribution in [0.25, 0.3) is 0 Å². The third-order valence-corrected chi connectivity index (χ3v) is 3.72. The third-order valence-electron chi connectivity index (χ3n) is 3.72. The van der Waals surface area contributed by atoms with Crippen LogP contribution in [-0.4, -0.2) is 35.8 Å². The molecule has 23 heavy (non-hydrogen) atoms. The minimum absolute atomic E-state index is 0.00675. The zero-order chi connectivity index (χ0) is 17.2. The van der Waals surface area contributed by atoms with Crippen LogP contribution < -0.4 is 5.32 Å². The highest BCUT2D eigenvalue weighted by Gasteiger charge is 2.16. The van der Waals surface area contributed by atoms with Crippen LogP contribution in [-0.2, 0) is 22.4 Å². The molecule has 128 valence electrons. The van der Waals surface area contributed by atoms with Gasteiger partial charge in [0.15, 0.2) is 0 Å². The molecule has 0 bridgehead atoms. The quantitative estimate of drug-likeness (QED) is 0.761. The summed E-state index contributed by atoms with van der Waals surface area (Å²) in [4.78, 5) is 25.8. The SMILES string of the molecule is CCCCc1ccc(CC(=O)N(CC)CC(=O)NC(C)C)cc1. The highest BCUT2D eigenvalue weighted by atomic mass is 16.2. The summed E-state index contributed by atoms with van der Waals surface area (Å²) in [6.07, 6.45) is 3.80. The molecule has 1 rings (SSSR count). The van der Waals surface area contributed by atoms with E-state index < -0.39 is 0 Å². The number of benzene rings is 1. The summed E-state index contributed by atoms with van der Waals surface area (Å²) in [5.41, 5.74) is 2.31. The second kappa shape index (κ2) is 10.0. The zero-order valence-corrected chi connectivity index (χ0v) is 14.9. The van der Waals surface area contributed by atoms with Crippen LogP contribution in [0.2, 0.25) is 0 Å². The lowest BCUT2D eigenvalue weighted by molar-refractivity contribution is -0.135. The number of nitrogens with one attached hydrogen (secondary N) is 1. The Balaban J connectivity index is 2.56. The monoisotopic (exact) mass is 318 g/mol. The zero-order valence-electron chi connectivity index (χ0n) is 14.9. The van der Waals surface area contributed by atoms with Crippen LogP contribution in [0.1, 0.15) is 51.7 Å². The van der Waals surface area contributed by atoms with E-state index in [1.807, 2.05) is 32.9 Å². The molecular weight excluding hydrogens is 288 g/mol. The van der Waals surface area contributed by atoms with Gasteiger partial charge < -0.3 is 10.2 Å². The number of aryl methyl sites for hydroxylation is 1. The van der Waals surface area contributed by atoms with Gasteiger partial charge in [-0.3, -0.25) is 9.59 Å². The molecule has 4 heteroatoms. The van der Waals surface area contributed by atoms with Crippen molar-refractivity contribution in [3.8, 4) is 0 Å². The number of hydrogen-bond donors (Lipinski definition) is 1.